The zero-order valence-electron chi connectivity index (χ0n) is 13.9. The van der Waals surface area contributed by atoms with Gasteiger partial charge >= 0.3 is 12.1 Å². The van der Waals surface area contributed by atoms with Crippen LogP contribution in [0.25, 0.3) is 0 Å². The molecule has 0 spiro atoms. The topological polar surface area (TPSA) is 105 Å². The van der Waals surface area contributed by atoms with Gasteiger partial charge in [0.25, 0.3) is 5.69 Å². The van der Waals surface area contributed by atoms with Gasteiger partial charge in [0.2, 0.25) is 0 Å². The molecule has 1 aromatic carbocycles. The van der Waals surface area contributed by atoms with Gasteiger partial charge in [-0.1, -0.05) is 18.7 Å². The number of hydrogen-bond donors (Lipinski definition) is 0. The molecule has 8 heteroatoms. The first kappa shape index (κ1) is 19.1. The van der Waals surface area contributed by atoms with Gasteiger partial charge in [0.05, 0.1) is 23.2 Å². The number of para-hydroxylation sites is 1. The quantitative estimate of drug-likeness (QED) is 0.351. The first-order valence-electron chi connectivity index (χ1n) is 6.97. The van der Waals surface area contributed by atoms with Crippen molar-refractivity contribution < 1.29 is 28.7 Å². The summed E-state index contributed by atoms with van der Waals surface area (Å²) in [5.74, 6) is -0.860. The van der Waals surface area contributed by atoms with Crippen LogP contribution in [0.1, 0.15) is 32.4 Å². The van der Waals surface area contributed by atoms with Gasteiger partial charge in [0.15, 0.2) is 6.10 Å². The number of nitrogens with zero attached hydrogens (tertiary/aromatic N) is 1. The lowest BCUT2D eigenvalue weighted by atomic mass is 10.0. The Morgan fingerprint density at radius 2 is 1.83 bits per heavy atom. The van der Waals surface area contributed by atoms with E-state index in [4.69, 9.17) is 9.47 Å². The number of carbonyl (C=O) groups is 2. The van der Waals surface area contributed by atoms with Crippen molar-refractivity contribution in [2.24, 2.45) is 0 Å². The van der Waals surface area contributed by atoms with Crippen LogP contribution in [0.4, 0.5) is 10.5 Å². The summed E-state index contributed by atoms with van der Waals surface area (Å²) in [6, 6.07) is 5.55. The van der Waals surface area contributed by atoms with Crippen LogP contribution >= 0.6 is 0 Å². The lowest BCUT2D eigenvalue weighted by molar-refractivity contribution is -0.386. The Hall–Kier alpha value is -2.90. The van der Waals surface area contributed by atoms with Crippen molar-refractivity contribution in [3.05, 3.63) is 52.1 Å². The summed E-state index contributed by atoms with van der Waals surface area (Å²) in [6.07, 6.45) is -2.50. The molecular weight excluding hydrogens is 318 g/mol. The molecule has 1 rings (SSSR count). The lowest BCUT2D eigenvalue weighted by Gasteiger charge is -2.23. The number of nitro groups is 1. The predicted molar refractivity (Wildman–Crippen MR) is 84.3 cm³/mol. The Morgan fingerprint density at radius 3 is 2.33 bits per heavy atom. The van der Waals surface area contributed by atoms with Gasteiger partial charge in [-0.3, -0.25) is 10.1 Å². The van der Waals surface area contributed by atoms with E-state index in [0.29, 0.717) is 0 Å². The highest BCUT2D eigenvalue weighted by Crippen LogP contribution is 2.33. The maximum Gasteiger partial charge on any atom is 0.509 e. The smallest absolute Gasteiger partial charge is 0.466 e. The molecule has 0 aliphatic rings. The molecule has 0 radical (unpaired) electrons. The second-order valence-electron chi connectivity index (χ2n) is 5.80. The van der Waals surface area contributed by atoms with E-state index in [-0.39, 0.29) is 16.8 Å². The lowest BCUT2D eigenvalue weighted by Crippen LogP contribution is -2.27. The summed E-state index contributed by atoms with van der Waals surface area (Å²) >= 11 is 0. The summed E-state index contributed by atoms with van der Waals surface area (Å²) in [7, 11) is 1.12. The Labute approximate surface area is 139 Å². The number of rotatable bonds is 5. The highest BCUT2D eigenvalue weighted by atomic mass is 16.7. The minimum Gasteiger partial charge on any atom is -0.466 e. The third-order valence-electron chi connectivity index (χ3n) is 2.78. The van der Waals surface area contributed by atoms with Crippen LogP contribution in [-0.2, 0) is 19.0 Å². The van der Waals surface area contributed by atoms with E-state index >= 15 is 0 Å². The monoisotopic (exact) mass is 337 g/mol. The van der Waals surface area contributed by atoms with Crippen molar-refractivity contribution in [3.8, 4) is 0 Å². The molecule has 0 aliphatic carbocycles. The third-order valence-corrected chi connectivity index (χ3v) is 2.78. The fourth-order valence-electron chi connectivity index (χ4n) is 1.81. The van der Waals surface area contributed by atoms with E-state index in [0.717, 1.165) is 7.11 Å². The molecule has 8 nitrogen and oxygen atoms in total. The molecule has 0 aromatic heterocycles. The van der Waals surface area contributed by atoms with E-state index in [1.807, 2.05) is 0 Å². The molecular formula is C16H19NO7. The molecule has 0 N–H and O–H groups in total. The second-order valence-corrected chi connectivity index (χ2v) is 5.80. The summed E-state index contributed by atoms with van der Waals surface area (Å²) in [6.45, 7) is 8.41. The zero-order chi connectivity index (χ0) is 18.5. The zero-order valence-corrected chi connectivity index (χ0v) is 13.9. The first-order chi connectivity index (χ1) is 11.1. The van der Waals surface area contributed by atoms with E-state index in [1.54, 1.807) is 20.8 Å². The normalized spacial score (nSPS) is 12.0. The summed E-state index contributed by atoms with van der Waals surface area (Å²) < 4.78 is 14.7. The van der Waals surface area contributed by atoms with Gasteiger partial charge in [0.1, 0.15) is 5.60 Å². The summed E-state index contributed by atoms with van der Waals surface area (Å²) in [5, 5.41) is 11.2. The first-order valence-corrected chi connectivity index (χ1v) is 6.97. The van der Waals surface area contributed by atoms with Crippen molar-refractivity contribution >= 4 is 17.8 Å². The van der Waals surface area contributed by atoms with Crippen LogP contribution in [0.5, 0.6) is 0 Å². The fraction of sp³-hybridized carbons (Fsp3) is 0.375. The molecule has 0 bridgehead atoms. The number of carbonyl (C=O) groups excluding carboxylic acids is 2. The van der Waals surface area contributed by atoms with Crippen LogP contribution in [0.3, 0.4) is 0 Å². The van der Waals surface area contributed by atoms with Gasteiger partial charge in [-0.25, -0.2) is 9.59 Å². The van der Waals surface area contributed by atoms with Gasteiger partial charge in [0, 0.05) is 6.07 Å². The third kappa shape index (κ3) is 5.08. The maximum atomic E-state index is 11.9. The number of esters is 1. The number of ether oxygens (including phenoxy) is 3. The molecule has 0 aliphatic heterocycles. The van der Waals surface area contributed by atoms with Crippen molar-refractivity contribution in [1.29, 1.82) is 0 Å². The largest absolute Gasteiger partial charge is 0.509 e. The van der Waals surface area contributed by atoms with Crippen LogP contribution in [0.2, 0.25) is 0 Å². The molecule has 0 amide bonds. The van der Waals surface area contributed by atoms with Gasteiger partial charge in [-0.15, -0.1) is 0 Å². The molecule has 0 heterocycles. The van der Waals surface area contributed by atoms with Crippen LogP contribution in [0.15, 0.2) is 36.4 Å². The Morgan fingerprint density at radius 1 is 1.25 bits per heavy atom. The Balaban J connectivity index is 3.25. The summed E-state index contributed by atoms with van der Waals surface area (Å²) in [4.78, 5) is 34.2. The van der Waals surface area contributed by atoms with E-state index in [9.17, 15) is 19.7 Å². The minimum atomic E-state index is -1.41. The van der Waals surface area contributed by atoms with Crippen molar-refractivity contribution in [2.45, 2.75) is 32.5 Å². The Bertz CT molecular complexity index is 661. The molecule has 1 aromatic rings. The number of nitro benzene ring substituents is 1. The van der Waals surface area contributed by atoms with Gasteiger partial charge in [-0.2, -0.15) is 0 Å². The standard InChI is InChI=1S/C16H19NO7/c1-10(14(18)22-5)13(23-15(19)24-16(2,3)4)11-8-6-7-9-12(11)17(20)21/h6-9,13H,1H2,2-5H3. The van der Waals surface area contributed by atoms with Crippen LogP contribution in [0, 0.1) is 10.1 Å². The second kappa shape index (κ2) is 7.58. The molecule has 130 valence electrons. The van der Waals surface area contributed by atoms with Crippen molar-refractivity contribution in [1.82, 2.24) is 0 Å². The van der Waals surface area contributed by atoms with E-state index in [1.165, 1.54) is 24.3 Å². The molecule has 1 unspecified atom stereocenters. The van der Waals surface area contributed by atoms with Gasteiger partial charge in [-0.05, 0) is 26.8 Å². The van der Waals surface area contributed by atoms with Crippen LogP contribution < -0.4 is 0 Å². The molecule has 0 saturated carbocycles. The highest BCUT2D eigenvalue weighted by molar-refractivity contribution is 5.89. The average molecular weight is 337 g/mol. The van der Waals surface area contributed by atoms with E-state index < -0.39 is 28.8 Å². The number of methoxy groups -OCH3 is 1. The van der Waals surface area contributed by atoms with Crippen molar-refractivity contribution in [2.75, 3.05) is 7.11 Å². The van der Waals surface area contributed by atoms with Crippen molar-refractivity contribution in [3.63, 3.8) is 0 Å². The van der Waals surface area contributed by atoms with Gasteiger partial charge < -0.3 is 14.2 Å². The molecule has 0 saturated heterocycles. The summed E-state index contributed by atoms with van der Waals surface area (Å²) in [5.41, 5.74) is -1.44. The fourth-order valence-corrected chi connectivity index (χ4v) is 1.81. The average Bonchev–Trinajstić information content (AvgIpc) is 2.49. The molecule has 1 atom stereocenters. The minimum absolute atomic E-state index is 0.0104. The predicted octanol–water partition coefficient (Wildman–Crippen LogP) is 3.32. The van der Waals surface area contributed by atoms with E-state index in [2.05, 4.69) is 11.3 Å². The number of hydrogen-bond acceptors (Lipinski definition) is 7. The number of benzene rings is 1. The SMILES string of the molecule is C=C(C(=O)OC)C(OC(=O)OC(C)(C)C)c1ccccc1[N+](=O)[O-]. The molecule has 24 heavy (non-hydrogen) atoms. The maximum absolute atomic E-state index is 11.9. The van der Waals surface area contributed by atoms with Crippen LogP contribution in [-0.4, -0.2) is 29.8 Å². The molecule has 0 fully saturated rings. The highest BCUT2D eigenvalue weighted by Gasteiger charge is 2.32. The Kier molecular flexibility index (Phi) is 6.05.